The van der Waals surface area contributed by atoms with Crippen molar-refractivity contribution in [1.82, 2.24) is 15.0 Å². The third-order valence-corrected chi connectivity index (χ3v) is 3.75. The quantitative estimate of drug-likeness (QED) is 0.871. The molecule has 18 heavy (non-hydrogen) atoms. The maximum absolute atomic E-state index is 5.34. The van der Waals surface area contributed by atoms with Crippen LogP contribution in [0.1, 0.15) is 19.8 Å². The lowest BCUT2D eigenvalue weighted by Gasteiger charge is -2.20. The van der Waals surface area contributed by atoms with E-state index in [4.69, 9.17) is 9.47 Å². The van der Waals surface area contributed by atoms with E-state index in [9.17, 15) is 0 Å². The van der Waals surface area contributed by atoms with Gasteiger partial charge in [-0.2, -0.15) is 15.0 Å². The van der Waals surface area contributed by atoms with E-state index in [0.717, 1.165) is 32.6 Å². The van der Waals surface area contributed by atoms with Gasteiger partial charge in [-0.05, 0) is 19.8 Å². The topological polar surface area (TPSA) is 69.2 Å². The number of anilines is 1. The Bertz CT molecular complexity index is 385. The fraction of sp³-hybridized carbons (Fsp3) is 0.727. The first-order valence-electron chi connectivity index (χ1n) is 6.10. The summed E-state index contributed by atoms with van der Waals surface area (Å²) in [6, 6.07) is 0.357. The van der Waals surface area contributed by atoms with Crippen LogP contribution < -0.4 is 10.1 Å². The summed E-state index contributed by atoms with van der Waals surface area (Å²) in [5.41, 5.74) is 0. The minimum Gasteiger partial charge on any atom is -0.467 e. The SMILES string of the molecule is CCNc1nc(OC)nc(SC2CCOCC2)n1. The molecule has 0 bridgehead atoms. The molecule has 2 rings (SSSR count). The van der Waals surface area contributed by atoms with Crippen molar-refractivity contribution in [3.05, 3.63) is 0 Å². The zero-order valence-electron chi connectivity index (χ0n) is 10.7. The van der Waals surface area contributed by atoms with Crippen LogP contribution in [0.25, 0.3) is 0 Å². The fourth-order valence-electron chi connectivity index (χ4n) is 1.66. The Morgan fingerprint density at radius 2 is 2.11 bits per heavy atom. The Morgan fingerprint density at radius 1 is 1.33 bits per heavy atom. The molecule has 1 aromatic rings. The molecule has 0 spiro atoms. The minimum absolute atomic E-state index is 0.357. The molecule has 6 nitrogen and oxygen atoms in total. The number of nitrogens with one attached hydrogen (secondary N) is 1. The number of thioether (sulfide) groups is 1. The normalized spacial score (nSPS) is 16.6. The highest BCUT2D eigenvalue weighted by Crippen LogP contribution is 2.28. The van der Waals surface area contributed by atoms with Crippen molar-refractivity contribution in [2.75, 3.05) is 32.2 Å². The number of nitrogens with zero attached hydrogens (tertiary/aromatic N) is 3. The van der Waals surface area contributed by atoms with Gasteiger partial charge in [0.1, 0.15) is 0 Å². The van der Waals surface area contributed by atoms with E-state index in [0.29, 0.717) is 22.4 Å². The molecule has 0 radical (unpaired) electrons. The second-order valence-corrected chi connectivity index (χ2v) is 5.16. The van der Waals surface area contributed by atoms with Gasteiger partial charge in [-0.15, -0.1) is 0 Å². The standard InChI is InChI=1S/C11H18N4O2S/c1-3-12-9-13-10(16-2)15-11(14-9)18-8-4-6-17-7-5-8/h8H,3-7H2,1-2H3,(H,12,13,14,15). The van der Waals surface area contributed by atoms with E-state index in [1.807, 2.05) is 6.92 Å². The smallest absolute Gasteiger partial charge is 0.321 e. The molecule has 1 fully saturated rings. The van der Waals surface area contributed by atoms with Crippen molar-refractivity contribution in [3.8, 4) is 6.01 Å². The minimum atomic E-state index is 0.357. The zero-order valence-corrected chi connectivity index (χ0v) is 11.5. The van der Waals surface area contributed by atoms with Crippen LogP contribution in [0, 0.1) is 0 Å². The molecular formula is C11H18N4O2S. The molecule has 1 aromatic heterocycles. The second kappa shape index (κ2) is 6.75. The molecule has 0 aromatic carbocycles. The van der Waals surface area contributed by atoms with Crippen molar-refractivity contribution in [1.29, 1.82) is 0 Å². The Hall–Kier alpha value is -1.08. The lowest BCUT2D eigenvalue weighted by Crippen LogP contribution is -2.18. The van der Waals surface area contributed by atoms with E-state index < -0.39 is 0 Å². The predicted octanol–water partition coefficient (Wildman–Crippen LogP) is 1.58. The fourth-order valence-corrected chi connectivity index (χ4v) is 2.66. The van der Waals surface area contributed by atoms with Crippen LogP contribution in [0.15, 0.2) is 5.16 Å². The molecule has 1 aliphatic heterocycles. The van der Waals surface area contributed by atoms with Gasteiger partial charge in [0.05, 0.1) is 7.11 Å². The van der Waals surface area contributed by atoms with Gasteiger partial charge >= 0.3 is 6.01 Å². The van der Waals surface area contributed by atoms with Gasteiger partial charge in [-0.3, -0.25) is 0 Å². The van der Waals surface area contributed by atoms with Gasteiger partial charge in [0.2, 0.25) is 5.95 Å². The third kappa shape index (κ3) is 3.71. The first-order chi connectivity index (χ1) is 8.81. The van der Waals surface area contributed by atoms with Gasteiger partial charge in [-0.1, -0.05) is 11.8 Å². The highest BCUT2D eigenvalue weighted by molar-refractivity contribution is 7.99. The molecule has 0 saturated carbocycles. The zero-order chi connectivity index (χ0) is 12.8. The largest absolute Gasteiger partial charge is 0.467 e. The molecule has 0 unspecified atom stereocenters. The number of aromatic nitrogens is 3. The third-order valence-electron chi connectivity index (χ3n) is 2.55. The van der Waals surface area contributed by atoms with Gasteiger partial charge in [0.15, 0.2) is 5.16 Å². The molecule has 1 N–H and O–H groups in total. The summed E-state index contributed by atoms with van der Waals surface area (Å²) in [4.78, 5) is 12.8. The van der Waals surface area contributed by atoms with Crippen LogP contribution in [-0.4, -0.2) is 47.1 Å². The van der Waals surface area contributed by atoms with Gasteiger partial charge in [0, 0.05) is 25.0 Å². The predicted molar refractivity (Wildman–Crippen MR) is 70.2 cm³/mol. The Balaban J connectivity index is 2.07. The van der Waals surface area contributed by atoms with E-state index >= 15 is 0 Å². The molecule has 7 heteroatoms. The summed E-state index contributed by atoms with van der Waals surface area (Å²) >= 11 is 1.67. The van der Waals surface area contributed by atoms with E-state index in [-0.39, 0.29) is 0 Å². The molecule has 0 aliphatic carbocycles. The summed E-state index contributed by atoms with van der Waals surface area (Å²) in [5, 5.41) is 4.31. The molecular weight excluding hydrogens is 252 g/mol. The second-order valence-electron chi connectivity index (χ2n) is 3.89. The van der Waals surface area contributed by atoms with Crippen LogP contribution in [0.4, 0.5) is 5.95 Å². The Labute approximate surface area is 111 Å². The highest BCUT2D eigenvalue weighted by Gasteiger charge is 2.17. The average Bonchev–Trinajstić information content (AvgIpc) is 2.40. The molecule has 2 heterocycles. The summed E-state index contributed by atoms with van der Waals surface area (Å²) < 4.78 is 10.4. The number of hydrogen-bond acceptors (Lipinski definition) is 7. The van der Waals surface area contributed by atoms with Crippen molar-refractivity contribution >= 4 is 17.7 Å². The summed E-state index contributed by atoms with van der Waals surface area (Å²) in [7, 11) is 1.56. The van der Waals surface area contributed by atoms with Crippen LogP contribution in [0.2, 0.25) is 0 Å². The maximum atomic E-state index is 5.34. The van der Waals surface area contributed by atoms with E-state index in [2.05, 4.69) is 20.3 Å². The molecule has 1 aliphatic rings. The molecule has 1 saturated heterocycles. The summed E-state index contributed by atoms with van der Waals surface area (Å²) in [6.07, 6.45) is 2.07. The summed E-state index contributed by atoms with van der Waals surface area (Å²) in [6.45, 7) is 4.41. The van der Waals surface area contributed by atoms with Gasteiger partial charge < -0.3 is 14.8 Å². The summed E-state index contributed by atoms with van der Waals surface area (Å²) in [5.74, 6) is 0.568. The Kier molecular flexibility index (Phi) is 5.00. The highest BCUT2D eigenvalue weighted by atomic mass is 32.2. The lowest BCUT2D eigenvalue weighted by molar-refractivity contribution is 0.1000. The van der Waals surface area contributed by atoms with Gasteiger partial charge in [-0.25, -0.2) is 0 Å². The Morgan fingerprint density at radius 3 is 2.78 bits per heavy atom. The molecule has 100 valence electrons. The molecule has 0 atom stereocenters. The van der Waals surface area contributed by atoms with Crippen molar-refractivity contribution < 1.29 is 9.47 Å². The van der Waals surface area contributed by atoms with Crippen LogP contribution in [0.3, 0.4) is 0 Å². The van der Waals surface area contributed by atoms with E-state index in [1.165, 1.54) is 0 Å². The number of methoxy groups -OCH3 is 1. The number of hydrogen-bond donors (Lipinski definition) is 1. The first kappa shape index (κ1) is 13.4. The van der Waals surface area contributed by atoms with Gasteiger partial charge in [0.25, 0.3) is 0 Å². The first-order valence-corrected chi connectivity index (χ1v) is 6.98. The molecule has 0 amide bonds. The maximum Gasteiger partial charge on any atom is 0.321 e. The van der Waals surface area contributed by atoms with Crippen LogP contribution in [-0.2, 0) is 4.74 Å². The number of ether oxygens (including phenoxy) is 2. The van der Waals surface area contributed by atoms with Crippen LogP contribution >= 0.6 is 11.8 Å². The van der Waals surface area contributed by atoms with Crippen molar-refractivity contribution in [2.45, 2.75) is 30.2 Å². The van der Waals surface area contributed by atoms with Crippen LogP contribution in [0.5, 0.6) is 6.01 Å². The van der Waals surface area contributed by atoms with Crippen molar-refractivity contribution in [2.24, 2.45) is 0 Å². The lowest BCUT2D eigenvalue weighted by atomic mass is 10.2. The van der Waals surface area contributed by atoms with Crippen molar-refractivity contribution in [3.63, 3.8) is 0 Å². The monoisotopic (exact) mass is 270 g/mol. The van der Waals surface area contributed by atoms with E-state index in [1.54, 1.807) is 18.9 Å². The average molecular weight is 270 g/mol. The number of rotatable bonds is 5.